The zero-order valence-electron chi connectivity index (χ0n) is 12.6. The molecule has 0 N–H and O–H groups in total. The highest BCUT2D eigenvalue weighted by Crippen LogP contribution is 2.20. The van der Waals surface area contributed by atoms with Crippen LogP contribution in [0.2, 0.25) is 0 Å². The summed E-state index contributed by atoms with van der Waals surface area (Å²) in [5.74, 6) is -2.18. The molecule has 0 heterocycles. The Kier molecular flexibility index (Phi) is 6.73. The van der Waals surface area contributed by atoms with Crippen molar-refractivity contribution in [3.8, 4) is 0 Å². The second-order valence-corrected chi connectivity index (χ2v) is 5.70. The number of hydrogen-bond acceptors (Lipinski definition) is 5. The van der Waals surface area contributed by atoms with Crippen LogP contribution in [0.5, 0.6) is 0 Å². The molecular formula is C14H24O5. The quantitative estimate of drug-likeness (QED) is 0.568. The van der Waals surface area contributed by atoms with Crippen LogP contribution in [-0.4, -0.2) is 23.5 Å². The maximum atomic E-state index is 11.8. The van der Waals surface area contributed by atoms with Crippen LogP contribution >= 0.6 is 0 Å². The van der Waals surface area contributed by atoms with Crippen LogP contribution in [-0.2, 0) is 23.9 Å². The van der Waals surface area contributed by atoms with Gasteiger partial charge in [-0.3, -0.25) is 14.4 Å². The van der Waals surface area contributed by atoms with E-state index in [9.17, 15) is 14.4 Å². The van der Waals surface area contributed by atoms with E-state index in [1.807, 2.05) is 0 Å². The lowest BCUT2D eigenvalue weighted by Crippen LogP contribution is -2.31. The summed E-state index contributed by atoms with van der Waals surface area (Å²) in [5.41, 5.74) is -0.552. The molecule has 2 atom stereocenters. The van der Waals surface area contributed by atoms with Gasteiger partial charge in [0.05, 0.1) is 5.92 Å². The Morgan fingerprint density at radius 1 is 1.05 bits per heavy atom. The minimum Gasteiger partial charge on any atom is -0.460 e. The molecule has 0 spiro atoms. The molecule has 5 heteroatoms. The van der Waals surface area contributed by atoms with Crippen LogP contribution in [0.1, 0.15) is 54.4 Å². The number of hydrogen-bond donors (Lipinski definition) is 0. The summed E-state index contributed by atoms with van der Waals surface area (Å²) in [7, 11) is 0. The van der Waals surface area contributed by atoms with Crippen LogP contribution < -0.4 is 0 Å². The van der Waals surface area contributed by atoms with Gasteiger partial charge in [-0.15, -0.1) is 0 Å². The zero-order valence-corrected chi connectivity index (χ0v) is 12.6. The first-order valence-corrected chi connectivity index (χ1v) is 6.53. The van der Waals surface area contributed by atoms with E-state index in [0.717, 1.165) is 0 Å². The van der Waals surface area contributed by atoms with Crippen molar-refractivity contribution in [3.63, 3.8) is 0 Å². The largest absolute Gasteiger partial charge is 0.460 e. The number of esters is 3. The molecule has 0 aromatic rings. The second kappa shape index (κ2) is 7.26. The molecule has 2 unspecified atom stereocenters. The minimum atomic E-state index is -0.602. The molecule has 0 aromatic heterocycles. The Morgan fingerprint density at radius 3 is 2.00 bits per heavy atom. The van der Waals surface area contributed by atoms with Gasteiger partial charge in [-0.25, -0.2) is 0 Å². The van der Waals surface area contributed by atoms with Gasteiger partial charge >= 0.3 is 17.9 Å². The first-order valence-electron chi connectivity index (χ1n) is 6.53. The third kappa shape index (κ3) is 7.59. The second-order valence-electron chi connectivity index (χ2n) is 5.70. The van der Waals surface area contributed by atoms with Gasteiger partial charge < -0.3 is 9.47 Å². The van der Waals surface area contributed by atoms with Crippen molar-refractivity contribution >= 4 is 17.9 Å². The van der Waals surface area contributed by atoms with Crippen molar-refractivity contribution in [1.82, 2.24) is 0 Å². The standard InChI is InChI=1S/C14H24O5/c1-7-11(15)18-12(16)8-9(2)10(3)13(17)19-14(4,5)6/h9-10H,7-8H2,1-6H3. The number of ether oxygens (including phenoxy) is 2. The van der Waals surface area contributed by atoms with E-state index in [0.29, 0.717) is 0 Å². The van der Waals surface area contributed by atoms with Gasteiger partial charge in [0.25, 0.3) is 0 Å². The van der Waals surface area contributed by atoms with Gasteiger partial charge in [-0.1, -0.05) is 20.8 Å². The van der Waals surface area contributed by atoms with Crippen molar-refractivity contribution in [2.24, 2.45) is 11.8 Å². The Hall–Kier alpha value is -1.39. The summed E-state index contributed by atoms with van der Waals surface area (Å²) >= 11 is 0. The van der Waals surface area contributed by atoms with E-state index in [4.69, 9.17) is 4.74 Å². The molecule has 0 aliphatic carbocycles. The van der Waals surface area contributed by atoms with Crippen molar-refractivity contribution < 1.29 is 23.9 Å². The molecule has 0 bridgehead atoms. The first-order chi connectivity index (χ1) is 8.56. The van der Waals surface area contributed by atoms with Gasteiger partial charge in [0, 0.05) is 12.8 Å². The highest BCUT2D eigenvalue weighted by molar-refractivity contribution is 5.85. The molecular weight excluding hydrogens is 248 g/mol. The van der Waals surface area contributed by atoms with Crippen molar-refractivity contribution in [3.05, 3.63) is 0 Å². The molecule has 0 aliphatic heterocycles. The van der Waals surface area contributed by atoms with E-state index in [-0.39, 0.29) is 24.7 Å². The Balaban J connectivity index is 4.34. The van der Waals surface area contributed by atoms with Gasteiger partial charge in [0.2, 0.25) is 0 Å². The number of rotatable bonds is 5. The summed E-state index contributed by atoms with van der Waals surface area (Å²) in [5, 5.41) is 0. The molecule has 0 radical (unpaired) electrons. The third-order valence-electron chi connectivity index (χ3n) is 2.64. The summed E-state index contributed by atoms with van der Waals surface area (Å²) in [6.45, 7) is 10.4. The molecule has 0 aromatic carbocycles. The molecule has 19 heavy (non-hydrogen) atoms. The first kappa shape index (κ1) is 17.6. The molecule has 0 saturated heterocycles. The average molecular weight is 272 g/mol. The van der Waals surface area contributed by atoms with Crippen molar-refractivity contribution in [2.75, 3.05) is 0 Å². The molecule has 0 aliphatic rings. The van der Waals surface area contributed by atoms with Crippen molar-refractivity contribution in [2.45, 2.75) is 60.0 Å². The Labute approximate surface area is 114 Å². The average Bonchev–Trinajstić information content (AvgIpc) is 2.24. The van der Waals surface area contributed by atoms with E-state index in [1.165, 1.54) is 0 Å². The molecule has 0 saturated carbocycles. The highest BCUT2D eigenvalue weighted by Gasteiger charge is 2.28. The van der Waals surface area contributed by atoms with Crippen molar-refractivity contribution in [1.29, 1.82) is 0 Å². The minimum absolute atomic E-state index is 0.0200. The maximum absolute atomic E-state index is 11.8. The monoisotopic (exact) mass is 272 g/mol. The van der Waals surface area contributed by atoms with E-state index < -0.39 is 23.5 Å². The van der Waals surface area contributed by atoms with Gasteiger partial charge in [0.15, 0.2) is 0 Å². The molecule has 0 fully saturated rings. The van der Waals surface area contributed by atoms with Crippen LogP contribution in [0.3, 0.4) is 0 Å². The lowest BCUT2D eigenvalue weighted by molar-refractivity contribution is -0.162. The summed E-state index contributed by atoms with van der Waals surface area (Å²) in [4.78, 5) is 34.2. The Bertz CT molecular complexity index is 340. The SMILES string of the molecule is CCC(=O)OC(=O)CC(C)C(C)C(=O)OC(C)(C)C. The fourth-order valence-electron chi connectivity index (χ4n) is 1.31. The topological polar surface area (TPSA) is 69.7 Å². The lowest BCUT2D eigenvalue weighted by atomic mass is 9.93. The van der Waals surface area contributed by atoms with E-state index in [1.54, 1.807) is 41.5 Å². The molecule has 0 rings (SSSR count). The predicted octanol–water partition coefficient (Wildman–Crippen LogP) is 2.47. The van der Waals surface area contributed by atoms with Gasteiger partial charge in [0.1, 0.15) is 5.60 Å². The van der Waals surface area contributed by atoms with Crippen LogP contribution in [0.25, 0.3) is 0 Å². The highest BCUT2D eigenvalue weighted by atomic mass is 16.6. The normalized spacial score (nSPS) is 14.4. The van der Waals surface area contributed by atoms with Crippen LogP contribution in [0.15, 0.2) is 0 Å². The maximum Gasteiger partial charge on any atom is 0.313 e. The van der Waals surface area contributed by atoms with Crippen LogP contribution in [0, 0.1) is 11.8 Å². The predicted molar refractivity (Wildman–Crippen MR) is 70.2 cm³/mol. The van der Waals surface area contributed by atoms with Gasteiger partial charge in [-0.2, -0.15) is 0 Å². The van der Waals surface area contributed by atoms with E-state index in [2.05, 4.69) is 4.74 Å². The Morgan fingerprint density at radius 2 is 1.58 bits per heavy atom. The van der Waals surface area contributed by atoms with Gasteiger partial charge in [-0.05, 0) is 26.7 Å². The fraction of sp³-hybridized carbons (Fsp3) is 0.786. The summed E-state index contributed by atoms with van der Waals surface area (Å²) in [6.07, 6.45) is 0.174. The number of carbonyl (C=O) groups excluding carboxylic acids is 3. The lowest BCUT2D eigenvalue weighted by Gasteiger charge is -2.24. The fourth-order valence-corrected chi connectivity index (χ4v) is 1.31. The zero-order chi connectivity index (χ0) is 15.2. The summed E-state index contributed by atoms with van der Waals surface area (Å²) in [6, 6.07) is 0. The van der Waals surface area contributed by atoms with E-state index >= 15 is 0 Å². The summed E-state index contributed by atoms with van der Waals surface area (Å²) < 4.78 is 9.82. The molecule has 110 valence electrons. The molecule has 5 nitrogen and oxygen atoms in total. The molecule has 0 amide bonds. The number of carbonyl (C=O) groups is 3. The third-order valence-corrected chi connectivity index (χ3v) is 2.64. The van der Waals surface area contributed by atoms with Crippen LogP contribution in [0.4, 0.5) is 0 Å². The smallest absolute Gasteiger partial charge is 0.313 e.